The Hall–Kier alpha value is -2.99. The van der Waals surface area contributed by atoms with Crippen LogP contribution in [0.1, 0.15) is 25.5 Å². The fourth-order valence-corrected chi connectivity index (χ4v) is 2.65. The summed E-state index contributed by atoms with van der Waals surface area (Å²) in [6, 6.07) is 0. The second-order valence-electron chi connectivity index (χ2n) is 5.78. The van der Waals surface area contributed by atoms with Crippen LogP contribution in [0.2, 0.25) is 0 Å². The number of carboxylic acids is 1. The van der Waals surface area contributed by atoms with Crippen molar-refractivity contribution in [2.45, 2.75) is 37.7 Å². The Balaban J connectivity index is 1.66. The zero-order chi connectivity index (χ0) is 18.8. The number of nitrogens with two attached hydrogens (primary N) is 1. The summed E-state index contributed by atoms with van der Waals surface area (Å²) in [5.41, 5.74) is 5.34. The molecule has 1 aliphatic heterocycles. The van der Waals surface area contributed by atoms with Gasteiger partial charge >= 0.3 is 11.9 Å². The number of nitrogens with zero attached hydrogens (tertiary/aromatic N) is 3. The number of rotatable bonds is 6. The predicted octanol–water partition coefficient (Wildman–Crippen LogP) is -1.24. The Labute approximate surface area is 145 Å². The number of aromatic nitrogens is 4. The monoisotopic (exact) mass is 367 g/mol. The molecule has 1 fully saturated rings. The average molecular weight is 367 g/mol. The molecule has 1 saturated heterocycles. The van der Waals surface area contributed by atoms with Crippen molar-refractivity contribution in [2.24, 2.45) is 0 Å². The number of esters is 1. The summed E-state index contributed by atoms with van der Waals surface area (Å²) in [7, 11) is 0. The number of fused-ring (bicyclic) bond motifs is 1. The molecule has 140 valence electrons. The first kappa shape index (κ1) is 17.8. The number of carbonyl (C=O) groups excluding carboxylic acids is 1. The van der Waals surface area contributed by atoms with Gasteiger partial charge in [0, 0.05) is 6.42 Å². The van der Waals surface area contributed by atoms with Crippen LogP contribution in [0.5, 0.6) is 0 Å². The highest BCUT2D eigenvalue weighted by molar-refractivity contribution is 5.76. The standard InChI is InChI=1S/C14H17N5O7/c15-14-17-12-11(13(24)18-14)16-5-19(12)8-3-6(20)7(26-8)4-25-10(23)2-1-9(21)22/h5-8,20H,1-4H2,(H,21,22)(H3,15,17,18,24)/t6-,7+,8+/m0/s1. The van der Waals surface area contributed by atoms with E-state index in [4.69, 9.17) is 20.3 Å². The van der Waals surface area contributed by atoms with Gasteiger partial charge in [0.25, 0.3) is 5.56 Å². The number of anilines is 1. The van der Waals surface area contributed by atoms with Crippen LogP contribution < -0.4 is 11.3 Å². The summed E-state index contributed by atoms with van der Waals surface area (Å²) >= 11 is 0. The van der Waals surface area contributed by atoms with Crippen LogP contribution in [0.4, 0.5) is 5.95 Å². The maximum Gasteiger partial charge on any atom is 0.306 e. The molecule has 0 spiro atoms. The number of aromatic amines is 1. The smallest absolute Gasteiger partial charge is 0.306 e. The zero-order valence-corrected chi connectivity index (χ0v) is 13.5. The van der Waals surface area contributed by atoms with E-state index in [-0.39, 0.29) is 43.0 Å². The van der Waals surface area contributed by atoms with Gasteiger partial charge in [0.2, 0.25) is 5.95 Å². The van der Waals surface area contributed by atoms with Crippen molar-refractivity contribution in [2.75, 3.05) is 12.3 Å². The number of nitrogens with one attached hydrogen (secondary N) is 1. The van der Waals surface area contributed by atoms with Gasteiger partial charge in [-0.05, 0) is 0 Å². The lowest BCUT2D eigenvalue weighted by Crippen LogP contribution is -2.28. The molecule has 0 bridgehead atoms. The molecule has 26 heavy (non-hydrogen) atoms. The van der Waals surface area contributed by atoms with Gasteiger partial charge in [0.05, 0.1) is 25.3 Å². The highest BCUT2D eigenvalue weighted by Crippen LogP contribution is 2.30. The minimum atomic E-state index is -1.10. The maximum atomic E-state index is 11.8. The van der Waals surface area contributed by atoms with E-state index in [1.54, 1.807) is 0 Å². The van der Waals surface area contributed by atoms with Gasteiger partial charge in [-0.25, -0.2) is 4.98 Å². The Kier molecular flexibility index (Phi) is 4.86. The van der Waals surface area contributed by atoms with E-state index in [0.717, 1.165) is 0 Å². The molecule has 0 amide bonds. The summed E-state index contributed by atoms with van der Waals surface area (Å²) in [6.07, 6.45) is -1.49. The second kappa shape index (κ2) is 7.09. The fourth-order valence-electron chi connectivity index (χ4n) is 2.65. The van der Waals surface area contributed by atoms with Crippen LogP contribution in [0.3, 0.4) is 0 Å². The Morgan fingerprint density at radius 3 is 2.96 bits per heavy atom. The van der Waals surface area contributed by atoms with Crippen LogP contribution >= 0.6 is 0 Å². The molecular weight excluding hydrogens is 350 g/mol. The minimum absolute atomic E-state index is 0.0771. The molecule has 2 aromatic rings. The third-order valence-corrected chi connectivity index (χ3v) is 3.92. The number of carboxylic acid groups (broad SMARTS) is 1. The lowest BCUT2D eigenvalue weighted by molar-refractivity contribution is -0.152. The summed E-state index contributed by atoms with van der Waals surface area (Å²) < 4.78 is 12.1. The third kappa shape index (κ3) is 3.65. The molecule has 0 aliphatic carbocycles. The van der Waals surface area contributed by atoms with Crippen LogP contribution in [-0.2, 0) is 19.1 Å². The van der Waals surface area contributed by atoms with Gasteiger partial charge in [-0.2, -0.15) is 4.98 Å². The fraction of sp³-hybridized carbons (Fsp3) is 0.500. The van der Waals surface area contributed by atoms with Gasteiger partial charge in [-0.15, -0.1) is 0 Å². The van der Waals surface area contributed by atoms with Gasteiger partial charge in [-0.3, -0.25) is 23.9 Å². The average Bonchev–Trinajstić information content (AvgIpc) is 3.14. The summed E-state index contributed by atoms with van der Waals surface area (Å²) in [5.74, 6) is -1.87. The van der Waals surface area contributed by atoms with E-state index in [0.29, 0.717) is 0 Å². The quantitative estimate of drug-likeness (QED) is 0.450. The highest BCUT2D eigenvalue weighted by atomic mass is 16.6. The normalized spacial score (nSPS) is 22.6. The number of imidazole rings is 1. The summed E-state index contributed by atoms with van der Waals surface area (Å²) in [5, 5.41) is 18.6. The number of hydrogen-bond donors (Lipinski definition) is 4. The van der Waals surface area contributed by atoms with Gasteiger partial charge in [0.15, 0.2) is 11.2 Å². The number of aliphatic hydroxyl groups is 1. The van der Waals surface area contributed by atoms with Crippen molar-refractivity contribution in [1.82, 2.24) is 19.5 Å². The van der Waals surface area contributed by atoms with Crippen molar-refractivity contribution in [3.63, 3.8) is 0 Å². The van der Waals surface area contributed by atoms with Crippen LogP contribution in [0.25, 0.3) is 11.2 Å². The van der Waals surface area contributed by atoms with E-state index < -0.39 is 35.9 Å². The SMILES string of the molecule is Nc1nc2c(ncn2[C@H]2C[C@H](O)[C@@H](COC(=O)CCC(=O)O)O2)c(=O)[nH]1. The Morgan fingerprint density at radius 2 is 2.23 bits per heavy atom. The van der Waals surface area contributed by atoms with Crippen LogP contribution in [0, 0.1) is 0 Å². The molecule has 0 aromatic carbocycles. The Bertz CT molecular complexity index is 891. The van der Waals surface area contributed by atoms with E-state index >= 15 is 0 Å². The summed E-state index contributed by atoms with van der Waals surface area (Å²) in [4.78, 5) is 44.0. The topological polar surface area (TPSA) is 183 Å². The van der Waals surface area contributed by atoms with Crippen molar-refractivity contribution in [1.29, 1.82) is 0 Å². The van der Waals surface area contributed by atoms with E-state index in [2.05, 4.69) is 15.0 Å². The first-order valence-electron chi connectivity index (χ1n) is 7.78. The zero-order valence-electron chi connectivity index (χ0n) is 13.5. The summed E-state index contributed by atoms with van der Waals surface area (Å²) in [6.45, 7) is -0.223. The number of nitrogen functional groups attached to an aromatic ring is 1. The number of hydrogen-bond acceptors (Lipinski definition) is 9. The number of aliphatic hydroxyl groups excluding tert-OH is 1. The minimum Gasteiger partial charge on any atom is -0.481 e. The van der Waals surface area contributed by atoms with E-state index in [1.807, 2.05) is 0 Å². The number of ether oxygens (including phenoxy) is 2. The lowest BCUT2D eigenvalue weighted by Gasteiger charge is -2.15. The van der Waals surface area contributed by atoms with Crippen molar-refractivity contribution >= 4 is 29.1 Å². The van der Waals surface area contributed by atoms with Crippen LogP contribution in [0.15, 0.2) is 11.1 Å². The molecule has 3 rings (SSSR count). The van der Waals surface area contributed by atoms with Crippen molar-refractivity contribution < 1.29 is 29.3 Å². The predicted molar refractivity (Wildman–Crippen MR) is 84.9 cm³/mol. The van der Waals surface area contributed by atoms with Crippen molar-refractivity contribution in [3.8, 4) is 0 Å². The van der Waals surface area contributed by atoms with Gasteiger partial charge < -0.3 is 25.4 Å². The molecule has 5 N–H and O–H groups in total. The first-order chi connectivity index (χ1) is 12.3. The van der Waals surface area contributed by atoms with Crippen molar-refractivity contribution in [3.05, 3.63) is 16.7 Å². The third-order valence-electron chi connectivity index (χ3n) is 3.92. The molecule has 2 aromatic heterocycles. The number of aliphatic carboxylic acids is 1. The number of H-pyrrole nitrogens is 1. The van der Waals surface area contributed by atoms with E-state index in [1.165, 1.54) is 10.9 Å². The second-order valence-corrected chi connectivity index (χ2v) is 5.78. The molecule has 12 heteroatoms. The molecule has 12 nitrogen and oxygen atoms in total. The van der Waals surface area contributed by atoms with E-state index in [9.17, 15) is 19.5 Å². The number of carbonyl (C=O) groups is 2. The molecule has 3 atom stereocenters. The molecule has 3 heterocycles. The first-order valence-corrected chi connectivity index (χ1v) is 7.78. The van der Waals surface area contributed by atoms with Gasteiger partial charge in [-0.1, -0.05) is 0 Å². The van der Waals surface area contributed by atoms with Gasteiger partial charge in [0.1, 0.15) is 18.9 Å². The molecular formula is C14H17N5O7. The lowest BCUT2D eigenvalue weighted by atomic mass is 10.2. The maximum absolute atomic E-state index is 11.8. The Morgan fingerprint density at radius 1 is 1.46 bits per heavy atom. The molecule has 0 saturated carbocycles. The highest BCUT2D eigenvalue weighted by Gasteiger charge is 2.36. The van der Waals surface area contributed by atoms with Crippen LogP contribution in [-0.4, -0.2) is 60.5 Å². The molecule has 0 radical (unpaired) electrons. The molecule has 1 aliphatic rings. The molecule has 0 unspecified atom stereocenters. The largest absolute Gasteiger partial charge is 0.481 e.